The number of nitrogens with two attached hydrogens (primary N) is 1. The molecule has 1 fully saturated rings. The van der Waals surface area contributed by atoms with Crippen molar-refractivity contribution in [1.82, 2.24) is 4.90 Å². The maximum atomic E-state index is 12.1. The Labute approximate surface area is 125 Å². The van der Waals surface area contributed by atoms with Crippen LogP contribution in [-0.4, -0.2) is 16.8 Å². The minimum Gasteiger partial charge on any atom is -0.328 e. The van der Waals surface area contributed by atoms with Crippen LogP contribution in [-0.2, 0) is 17.8 Å². The van der Waals surface area contributed by atoms with Crippen molar-refractivity contribution in [3.05, 3.63) is 71.3 Å². The summed E-state index contributed by atoms with van der Waals surface area (Å²) in [6.07, 6.45) is 1.02. The van der Waals surface area contributed by atoms with Crippen molar-refractivity contribution in [2.45, 2.75) is 32.0 Å². The van der Waals surface area contributed by atoms with Gasteiger partial charge in [-0.05, 0) is 23.1 Å². The number of carbonyl (C=O) groups is 1. The number of rotatable bonds is 4. The second-order valence-corrected chi connectivity index (χ2v) is 5.52. The number of hydrogen-bond donors (Lipinski definition) is 1. The minimum absolute atomic E-state index is 0.0105. The van der Waals surface area contributed by atoms with Gasteiger partial charge >= 0.3 is 0 Å². The van der Waals surface area contributed by atoms with Crippen LogP contribution in [0.5, 0.6) is 0 Å². The first-order valence-electron chi connectivity index (χ1n) is 7.39. The zero-order valence-corrected chi connectivity index (χ0v) is 12.2. The second-order valence-electron chi connectivity index (χ2n) is 5.52. The number of amides is 1. The third kappa shape index (κ3) is 2.57. The molecule has 1 heterocycles. The maximum Gasteiger partial charge on any atom is 0.242 e. The molecule has 3 rings (SSSR count). The van der Waals surface area contributed by atoms with Gasteiger partial charge in [0.15, 0.2) is 0 Å². The molecule has 0 bridgehead atoms. The van der Waals surface area contributed by atoms with E-state index in [2.05, 4.69) is 31.2 Å². The molecule has 1 aliphatic rings. The zero-order chi connectivity index (χ0) is 14.8. The van der Waals surface area contributed by atoms with Crippen molar-refractivity contribution in [3.63, 3.8) is 0 Å². The first kappa shape index (κ1) is 13.8. The van der Waals surface area contributed by atoms with Gasteiger partial charge in [0, 0.05) is 6.54 Å². The van der Waals surface area contributed by atoms with Crippen LogP contribution in [0.2, 0.25) is 0 Å². The molecule has 2 N–H and O–H groups in total. The van der Waals surface area contributed by atoms with Crippen LogP contribution >= 0.6 is 0 Å². The summed E-state index contributed by atoms with van der Waals surface area (Å²) in [5.74, 6) is 0.0309. The van der Waals surface area contributed by atoms with E-state index < -0.39 is 6.04 Å². The van der Waals surface area contributed by atoms with E-state index >= 15 is 0 Å². The molecule has 3 nitrogen and oxygen atoms in total. The van der Waals surface area contributed by atoms with Gasteiger partial charge in [-0.3, -0.25) is 4.79 Å². The van der Waals surface area contributed by atoms with Gasteiger partial charge in [0.2, 0.25) is 5.91 Å². The number of likely N-dealkylation sites (tertiary alicyclic amines) is 1. The summed E-state index contributed by atoms with van der Waals surface area (Å²) in [5.41, 5.74) is 9.57. The quantitative estimate of drug-likeness (QED) is 0.875. The van der Waals surface area contributed by atoms with Crippen LogP contribution in [0.4, 0.5) is 0 Å². The second kappa shape index (κ2) is 5.70. The number of hydrogen-bond acceptors (Lipinski definition) is 2. The minimum atomic E-state index is -0.416. The zero-order valence-electron chi connectivity index (χ0n) is 12.2. The van der Waals surface area contributed by atoms with Crippen molar-refractivity contribution in [2.75, 3.05) is 0 Å². The number of benzene rings is 2. The van der Waals surface area contributed by atoms with Crippen LogP contribution in [0.3, 0.4) is 0 Å². The van der Waals surface area contributed by atoms with Gasteiger partial charge in [-0.1, -0.05) is 61.5 Å². The lowest BCUT2D eigenvalue weighted by Crippen LogP contribution is -2.62. The molecule has 1 amide bonds. The Bertz CT molecular complexity index is 621. The summed E-state index contributed by atoms with van der Waals surface area (Å²) in [5, 5.41) is 0. The lowest BCUT2D eigenvalue weighted by molar-refractivity contribution is -0.150. The molecule has 0 spiro atoms. The predicted octanol–water partition coefficient (Wildman–Crippen LogP) is 2.66. The Morgan fingerprint density at radius 3 is 2.29 bits per heavy atom. The molecule has 3 heteroatoms. The fraction of sp³-hybridized carbons (Fsp3) is 0.278. The molecule has 1 aliphatic heterocycles. The molecule has 0 radical (unpaired) electrons. The van der Waals surface area contributed by atoms with Gasteiger partial charge in [-0.2, -0.15) is 0 Å². The van der Waals surface area contributed by atoms with Crippen LogP contribution in [0.15, 0.2) is 54.6 Å². The molecule has 108 valence electrons. The molecule has 0 aromatic heterocycles. The Kier molecular flexibility index (Phi) is 3.76. The molecular formula is C18H20N2O. The van der Waals surface area contributed by atoms with E-state index in [1.165, 1.54) is 5.56 Å². The van der Waals surface area contributed by atoms with E-state index in [9.17, 15) is 4.79 Å². The highest BCUT2D eigenvalue weighted by molar-refractivity contribution is 5.89. The lowest BCUT2D eigenvalue weighted by Gasteiger charge is -2.45. The fourth-order valence-corrected chi connectivity index (χ4v) is 2.87. The number of carbonyl (C=O) groups excluding carboxylic acids is 1. The molecule has 1 saturated heterocycles. The summed E-state index contributed by atoms with van der Waals surface area (Å²) in [6, 6.07) is 18.0. The first-order valence-corrected chi connectivity index (χ1v) is 7.39. The van der Waals surface area contributed by atoms with Gasteiger partial charge in [0.25, 0.3) is 0 Å². The summed E-state index contributed by atoms with van der Waals surface area (Å²) >= 11 is 0. The SMILES string of the molecule is CCc1ccc([C@@H]2[C@@H](N)C(=O)N2Cc2ccccc2)cc1. The van der Waals surface area contributed by atoms with Crippen LogP contribution in [0.1, 0.15) is 29.7 Å². The molecule has 0 saturated carbocycles. The Balaban J connectivity index is 1.80. The standard InChI is InChI=1S/C18H20N2O/c1-2-13-8-10-15(11-9-13)17-16(19)18(21)20(17)12-14-6-4-3-5-7-14/h3-11,16-17H,2,12,19H2,1H3/t16-,17-/m1/s1. The van der Waals surface area contributed by atoms with E-state index in [4.69, 9.17) is 5.73 Å². The smallest absolute Gasteiger partial charge is 0.242 e. The van der Waals surface area contributed by atoms with Crippen LogP contribution in [0, 0.1) is 0 Å². The average Bonchev–Trinajstić information content (AvgIpc) is 2.55. The van der Waals surface area contributed by atoms with E-state index in [1.54, 1.807) is 0 Å². The lowest BCUT2D eigenvalue weighted by atomic mass is 9.88. The van der Waals surface area contributed by atoms with E-state index in [0.717, 1.165) is 17.5 Å². The number of aryl methyl sites for hydroxylation is 1. The average molecular weight is 280 g/mol. The monoisotopic (exact) mass is 280 g/mol. The van der Waals surface area contributed by atoms with Crippen LogP contribution < -0.4 is 5.73 Å². The highest BCUT2D eigenvalue weighted by Gasteiger charge is 2.45. The van der Waals surface area contributed by atoms with Gasteiger partial charge in [-0.25, -0.2) is 0 Å². The summed E-state index contributed by atoms with van der Waals surface area (Å²) in [6.45, 7) is 2.75. The number of β-lactam (4-membered cyclic amide) rings is 1. The summed E-state index contributed by atoms with van der Waals surface area (Å²) in [4.78, 5) is 13.9. The van der Waals surface area contributed by atoms with E-state index in [1.807, 2.05) is 35.2 Å². The van der Waals surface area contributed by atoms with Crippen LogP contribution in [0.25, 0.3) is 0 Å². The molecular weight excluding hydrogens is 260 g/mol. The molecule has 21 heavy (non-hydrogen) atoms. The van der Waals surface area contributed by atoms with Crippen molar-refractivity contribution in [1.29, 1.82) is 0 Å². The van der Waals surface area contributed by atoms with Gasteiger partial charge in [0.1, 0.15) is 6.04 Å². The molecule has 0 unspecified atom stereocenters. The van der Waals surface area contributed by atoms with E-state index in [-0.39, 0.29) is 11.9 Å². The van der Waals surface area contributed by atoms with Crippen molar-refractivity contribution in [3.8, 4) is 0 Å². The third-order valence-electron chi connectivity index (χ3n) is 4.17. The van der Waals surface area contributed by atoms with E-state index in [0.29, 0.717) is 6.54 Å². The highest BCUT2D eigenvalue weighted by Crippen LogP contribution is 2.35. The predicted molar refractivity (Wildman–Crippen MR) is 83.5 cm³/mol. The maximum absolute atomic E-state index is 12.1. The van der Waals surface area contributed by atoms with Gasteiger partial charge < -0.3 is 10.6 Å². The highest BCUT2D eigenvalue weighted by atomic mass is 16.2. The first-order chi connectivity index (χ1) is 10.2. The fourth-order valence-electron chi connectivity index (χ4n) is 2.87. The molecule has 2 aromatic rings. The molecule has 2 aromatic carbocycles. The Morgan fingerprint density at radius 2 is 1.67 bits per heavy atom. The van der Waals surface area contributed by atoms with Crippen molar-refractivity contribution < 1.29 is 4.79 Å². The van der Waals surface area contributed by atoms with Crippen molar-refractivity contribution in [2.24, 2.45) is 5.73 Å². The molecule has 0 aliphatic carbocycles. The topological polar surface area (TPSA) is 46.3 Å². The summed E-state index contributed by atoms with van der Waals surface area (Å²) in [7, 11) is 0. The third-order valence-corrected chi connectivity index (χ3v) is 4.17. The van der Waals surface area contributed by atoms with Gasteiger partial charge in [-0.15, -0.1) is 0 Å². The molecule has 2 atom stereocenters. The van der Waals surface area contributed by atoms with Gasteiger partial charge in [0.05, 0.1) is 6.04 Å². The Morgan fingerprint density at radius 1 is 1.00 bits per heavy atom. The normalized spacial score (nSPS) is 21.2. The largest absolute Gasteiger partial charge is 0.328 e. The van der Waals surface area contributed by atoms with Crippen molar-refractivity contribution >= 4 is 5.91 Å². The summed E-state index contributed by atoms with van der Waals surface area (Å²) < 4.78 is 0. The Hall–Kier alpha value is -2.13. The number of nitrogens with zero attached hydrogens (tertiary/aromatic N) is 1.